The van der Waals surface area contributed by atoms with Crippen molar-refractivity contribution in [3.05, 3.63) is 35.4 Å². The number of hydrogen-bond donors (Lipinski definition) is 0. The van der Waals surface area contributed by atoms with E-state index < -0.39 is 0 Å². The molecule has 3 nitrogen and oxygen atoms in total. The third-order valence-electron chi connectivity index (χ3n) is 3.54. The van der Waals surface area contributed by atoms with Crippen LogP contribution in [0.1, 0.15) is 23.5 Å². The summed E-state index contributed by atoms with van der Waals surface area (Å²) in [6.07, 6.45) is 1.43. The van der Waals surface area contributed by atoms with Gasteiger partial charge in [-0.3, -0.25) is 9.59 Å². The van der Waals surface area contributed by atoms with Gasteiger partial charge in [0.2, 0.25) is 5.78 Å². The first-order chi connectivity index (χ1) is 7.75. The molecule has 3 rings (SSSR count). The van der Waals surface area contributed by atoms with Crippen LogP contribution in [0.25, 0.3) is 0 Å². The Hall–Kier alpha value is -1.64. The lowest BCUT2D eigenvalue weighted by Gasteiger charge is -2.33. The fourth-order valence-corrected chi connectivity index (χ4v) is 2.59. The van der Waals surface area contributed by atoms with Gasteiger partial charge in [0.15, 0.2) is 0 Å². The largest absolute Gasteiger partial charge is 0.335 e. The zero-order valence-electron chi connectivity index (χ0n) is 8.98. The summed E-state index contributed by atoms with van der Waals surface area (Å²) in [5.41, 5.74) is 2.72. The molecule has 0 aromatic heterocycles. The van der Waals surface area contributed by atoms with Gasteiger partial charge in [-0.15, -0.1) is 0 Å². The van der Waals surface area contributed by atoms with E-state index in [-0.39, 0.29) is 11.7 Å². The van der Waals surface area contributed by atoms with E-state index in [4.69, 9.17) is 0 Å². The van der Waals surface area contributed by atoms with Gasteiger partial charge in [-0.05, 0) is 17.5 Å². The molecule has 1 heterocycles. The highest BCUT2D eigenvalue weighted by molar-refractivity contribution is 6.37. The average molecular weight is 215 g/mol. The molecule has 1 fully saturated rings. The van der Waals surface area contributed by atoms with Crippen LogP contribution in [0.5, 0.6) is 0 Å². The van der Waals surface area contributed by atoms with Gasteiger partial charge in [0.25, 0.3) is 5.91 Å². The number of ketones is 1. The maximum absolute atomic E-state index is 11.5. The Balaban J connectivity index is 1.71. The molecule has 16 heavy (non-hydrogen) atoms. The molecule has 1 unspecified atom stereocenters. The molecule has 82 valence electrons. The standard InChI is InChI=1S/C13H13NO2/c15-12-5-6-14(13(12)16)8-10-7-9-3-1-2-4-11(9)10/h1-4,10H,5-8H2. The molecule has 2 aliphatic rings. The second kappa shape index (κ2) is 3.44. The second-order valence-corrected chi connectivity index (χ2v) is 4.52. The SMILES string of the molecule is O=C1CCN(CC2Cc3ccccc32)C1=O. The molecule has 0 radical (unpaired) electrons. The van der Waals surface area contributed by atoms with Crippen LogP contribution in [-0.4, -0.2) is 29.7 Å². The fraction of sp³-hybridized carbons (Fsp3) is 0.385. The number of carbonyl (C=O) groups excluding carboxylic acids is 2. The van der Waals surface area contributed by atoms with E-state index in [0.717, 1.165) is 6.42 Å². The Labute approximate surface area is 94.1 Å². The number of hydrogen-bond acceptors (Lipinski definition) is 2. The summed E-state index contributed by atoms with van der Waals surface area (Å²) in [6, 6.07) is 8.32. The van der Waals surface area contributed by atoms with Crippen LogP contribution in [0, 0.1) is 0 Å². The summed E-state index contributed by atoms with van der Waals surface area (Å²) in [5.74, 6) is -0.0805. The lowest BCUT2D eigenvalue weighted by Crippen LogP contribution is -2.35. The van der Waals surface area contributed by atoms with Crippen LogP contribution in [0.3, 0.4) is 0 Å². The van der Waals surface area contributed by atoms with Gasteiger partial charge >= 0.3 is 0 Å². The van der Waals surface area contributed by atoms with Crippen molar-refractivity contribution in [3.8, 4) is 0 Å². The maximum Gasteiger partial charge on any atom is 0.290 e. The minimum atomic E-state index is -0.288. The monoisotopic (exact) mass is 215 g/mol. The van der Waals surface area contributed by atoms with Gasteiger partial charge in [0.05, 0.1) is 0 Å². The predicted molar refractivity (Wildman–Crippen MR) is 59.1 cm³/mol. The van der Waals surface area contributed by atoms with Crippen molar-refractivity contribution >= 4 is 11.7 Å². The Morgan fingerprint density at radius 1 is 1.25 bits per heavy atom. The van der Waals surface area contributed by atoms with Gasteiger partial charge in [-0.25, -0.2) is 0 Å². The normalized spacial score (nSPS) is 23.2. The van der Waals surface area contributed by atoms with Crippen LogP contribution in [0.4, 0.5) is 0 Å². The molecule has 1 amide bonds. The molecule has 1 saturated heterocycles. The smallest absolute Gasteiger partial charge is 0.290 e. The first-order valence-electron chi connectivity index (χ1n) is 5.65. The van der Waals surface area contributed by atoms with Crippen LogP contribution in [0.2, 0.25) is 0 Å². The van der Waals surface area contributed by atoms with Crippen molar-refractivity contribution in [1.29, 1.82) is 0 Å². The van der Waals surface area contributed by atoms with Crippen molar-refractivity contribution in [1.82, 2.24) is 4.90 Å². The molecule has 1 aromatic carbocycles. The molecule has 1 aromatic rings. The Bertz CT molecular complexity index is 467. The first kappa shape index (κ1) is 9.58. The number of Topliss-reactive ketones (excluding diaryl/α,β-unsaturated/α-hetero) is 1. The summed E-state index contributed by atoms with van der Waals surface area (Å²) in [6.45, 7) is 1.32. The second-order valence-electron chi connectivity index (χ2n) is 4.52. The molecule has 0 N–H and O–H groups in total. The number of amides is 1. The number of likely N-dealkylation sites (tertiary alicyclic amines) is 1. The number of nitrogens with zero attached hydrogens (tertiary/aromatic N) is 1. The lowest BCUT2D eigenvalue weighted by molar-refractivity contribution is -0.140. The van der Waals surface area contributed by atoms with Gasteiger partial charge < -0.3 is 4.90 Å². The van der Waals surface area contributed by atoms with Gasteiger partial charge in [0.1, 0.15) is 0 Å². The van der Waals surface area contributed by atoms with Gasteiger partial charge in [-0.2, -0.15) is 0 Å². The highest BCUT2D eigenvalue weighted by Gasteiger charge is 2.34. The number of fused-ring (bicyclic) bond motifs is 1. The topological polar surface area (TPSA) is 37.4 Å². The van der Waals surface area contributed by atoms with Crippen molar-refractivity contribution < 1.29 is 9.59 Å². The van der Waals surface area contributed by atoms with E-state index in [1.165, 1.54) is 11.1 Å². The molecule has 1 aliphatic carbocycles. The van der Waals surface area contributed by atoms with E-state index in [2.05, 4.69) is 12.1 Å². The molecule has 0 saturated carbocycles. The van der Waals surface area contributed by atoms with Gasteiger partial charge in [0, 0.05) is 25.4 Å². The van der Waals surface area contributed by atoms with Crippen LogP contribution < -0.4 is 0 Å². The quantitative estimate of drug-likeness (QED) is 0.693. The number of rotatable bonds is 2. The molecular weight excluding hydrogens is 202 g/mol. The first-order valence-corrected chi connectivity index (χ1v) is 5.65. The van der Waals surface area contributed by atoms with Crippen molar-refractivity contribution in [2.75, 3.05) is 13.1 Å². The van der Waals surface area contributed by atoms with E-state index in [1.54, 1.807) is 4.90 Å². The van der Waals surface area contributed by atoms with Crippen LogP contribution in [0.15, 0.2) is 24.3 Å². The third kappa shape index (κ3) is 1.35. The minimum absolute atomic E-state index is 0.229. The molecule has 0 bridgehead atoms. The van der Waals surface area contributed by atoms with Gasteiger partial charge in [-0.1, -0.05) is 24.3 Å². The summed E-state index contributed by atoms with van der Waals surface area (Å²) in [4.78, 5) is 24.3. The zero-order chi connectivity index (χ0) is 11.1. The van der Waals surface area contributed by atoms with Crippen molar-refractivity contribution in [3.63, 3.8) is 0 Å². The van der Waals surface area contributed by atoms with E-state index in [9.17, 15) is 9.59 Å². The molecule has 3 heteroatoms. The zero-order valence-corrected chi connectivity index (χ0v) is 8.98. The summed E-state index contributed by atoms with van der Waals surface area (Å²) < 4.78 is 0. The van der Waals surface area contributed by atoms with Crippen molar-refractivity contribution in [2.24, 2.45) is 0 Å². The lowest BCUT2D eigenvalue weighted by atomic mass is 9.77. The summed E-state index contributed by atoms with van der Waals surface area (Å²) >= 11 is 0. The molecule has 0 spiro atoms. The fourth-order valence-electron chi connectivity index (χ4n) is 2.59. The summed E-state index contributed by atoms with van der Waals surface area (Å²) in [5, 5.41) is 0. The number of benzene rings is 1. The molecular formula is C13H13NO2. The van der Waals surface area contributed by atoms with E-state index in [0.29, 0.717) is 25.4 Å². The highest BCUT2D eigenvalue weighted by atomic mass is 16.2. The third-order valence-corrected chi connectivity index (χ3v) is 3.54. The Kier molecular flexibility index (Phi) is 2.06. The number of carbonyl (C=O) groups is 2. The highest BCUT2D eigenvalue weighted by Crippen LogP contribution is 2.35. The molecule has 1 aliphatic heterocycles. The Morgan fingerprint density at radius 2 is 2.06 bits per heavy atom. The van der Waals surface area contributed by atoms with E-state index in [1.807, 2.05) is 12.1 Å². The van der Waals surface area contributed by atoms with Crippen LogP contribution in [-0.2, 0) is 16.0 Å². The minimum Gasteiger partial charge on any atom is -0.335 e. The summed E-state index contributed by atoms with van der Waals surface area (Å²) in [7, 11) is 0. The molecule has 1 atom stereocenters. The maximum atomic E-state index is 11.5. The Morgan fingerprint density at radius 3 is 2.75 bits per heavy atom. The van der Waals surface area contributed by atoms with E-state index >= 15 is 0 Å². The average Bonchev–Trinajstić information content (AvgIpc) is 2.57. The predicted octanol–water partition coefficient (Wildman–Crippen LogP) is 1.13. The van der Waals surface area contributed by atoms with Crippen LogP contribution >= 0.6 is 0 Å². The van der Waals surface area contributed by atoms with Crippen molar-refractivity contribution in [2.45, 2.75) is 18.8 Å².